The first-order valence-corrected chi connectivity index (χ1v) is 5.28. The molecule has 0 aromatic carbocycles. The fourth-order valence-corrected chi connectivity index (χ4v) is 2.37. The van der Waals surface area contributed by atoms with Crippen LogP contribution in [0.1, 0.15) is 25.7 Å². The second-order valence-corrected chi connectivity index (χ2v) is 4.27. The Morgan fingerprint density at radius 3 is 2.27 bits per heavy atom. The van der Waals surface area contributed by atoms with E-state index < -0.39 is 0 Å². The van der Waals surface area contributed by atoms with Gasteiger partial charge in [-0.3, -0.25) is 4.99 Å². The molecule has 0 atom stereocenters. The van der Waals surface area contributed by atoms with Gasteiger partial charge in [-0.2, -0.15) is 0 Å². The van der Waals surface area contributed by atoms with Crippen molar-refractivity contribution in [1.82, 2.24) is 4.90 Å². The van der Waals surface area contributed by atoms with Crippen LogP contribution >= 0.6 is 24.8 Å². The lowest BCUT2D eigenvalue weighted by molar-refractivity contribution is 0.369. The van der Waals surface area contributed by atoms with E-state index in [4.69, 9.17) is 5.73 Å². The van der Waals surface area contributed by atoms with Crippen molar-refractivity contribution in [2.24, 2.45) is 16.6 Å². The number of nitrogens with two attached hydrogens (primary N) is 1. The van der Waals surface area contributed by atoms with Gasteiger partial charge in [-0.05, 0) is 25.7 Å². The molecule has 1 fully saturated rings. The van der Waals surface area contributed by atoms with Crippen LogP contribution in [0.4, 0.5) is 0 Å². The van der Waals surface area contributed by atoms with E-state index in [0.717, 1.165) is 13.1 Å². The van der Waals surface area contributed by atoms with Gasteiger partial charge in [-0.1, -0.05) is 0 Å². The Balaban J connectivity index is 0.000000980. The molecule has 5 heteroatoms. The molecule has 1 aliphatic heterocycles. The molecule has 1 aliphatic carbocycles. The maximum absolute atomic E-state index is 5.88. The van der Waals surface area contributed by atoms with Crippen LogP contribution in [0.15, 0.2) is 4.99 Å². The molecule has 0 saturated heterocycles. The van der Waals surface area contributed by atoms with E-state index in [0.29, 0.717) is 12.0 Å². The highest BCUT2D eigenvalue weighted by Crippen LogP contribution is 2.26. The highest BCUT2D eigenvalue weighted by Gasteiger charge is 2.26. The average molecular weight is 254 g/mol. The molecule has 1 saturated carbocycles. The fraction of sp³-hybridized carbons (Fsp3) is 0.900. The smallest absolute Gasteiger partial charge is 0.102 e. The SMILES string of the molecule is CN1CCN=C1C1CCC(N)CC1.Cl.Cl. The molecular formula is C10H21Cl2N3. The van der Waals surface area contributed by atoms with Gasteiger partial charge in [-0.25, -0.2) is 0 Å². The van der Waals surface area contributed by atoms with E-state index in [2.05, 4.69) is 16.9 Å². The van der Waals surface area contributed by atoms with Crippen LogP contribution in [0.25, 0.3) is 0 Å². The lowest BCUT2D eigenvalue weighted by Crippen LogP contribution is -2.35. The molecule has 3 nitrogen and oxygen atoms in total. The van der Waals surface area contributed by atoms with Gasteiger partial charge in [0.25, 0.3) is 0 Å². The average Bonchev–Trinajstić information content (AvgIpc) is 2.53. The number of hydrogen-bond donors (Lipinski definition) is 1. The Labute approximate surface area is 104 Å². The number of aliphatic imine (C=N–C) groups is 1. The van der Waals surface area contributed by atoms with Crippen molar-refractivity contribution in [3.8, 4) is 0 Å². The van der Waals surface area contributed by atoms with Gasteiger partial charge in [0.15, 0.2) is 0 Å². The zero-order valence-electron chi connectivity index (χ0n) is 9.19. The monoisotopic (exact) mass is 253 g/mol. The van der Waals surface area contributed by atoms with Crippen LogP contribution in [0.5, 0.6) is 0 Å². The number of rotatable bonds is 1. The minimum Gasteiger partial charge on any atom is -0.361 e. The maximum atomic E-state index is 5.88. The van der Waals surface area contributed by atoms with Crippen molar-refractivity contribution >= 4 is 30.6 Å². The van der Waals surface area contributed by atoms with Crippen LogP contribution in [0.2, 0.25) is 0 Å². The van der Waals surface area contributed by atoms with Crippen molar-refractivity contribution in [1.29, 1.82) is 0 Å². The molecule has 0 bridgehead atoms. The summed E-state index contributed by atoms with van der Waals surface area (Å²) in [4.78, 5) is 6.87. The van der Waals surface area contributed by atoms with Gasteiger partial charge in [0, 0.05) is 25.6 Å². The van der Waals surface area contributed by atoms with Crippen molar-refractivity contribution in [2.45, 2.75) is 31.7 Å². The summed E-state index contributed by atoms with van der Waals surface area (Å²) in [6.45, 7) is 2.10. The summed E-state index contributed by atoms with van der Waals surface area (Å²) in [6.07, 6.45) is 4.84. The molecule has 0 spiro atoms. The molecule has 0 radical (unpaired) electrons. The summed E-state index contributed by atoms with van der Waals surface area (Å²) in [5, 5.41) is 0. The van der Waals surface area contributed by atoms with Gasteiger partial charge >= 0.3 is 0 Å². The summed E-state index contributed by atoms with van der Waals surface area (Å²) >= 11 is 0. The standard InChI is InChI=1S/C10H19N3.2ClH/c1-13-7-6-12-10(13)8-2-4-9(11)5-3-8;;/h8-9H,2-7,11H2,1H3;2*1H. The summed E-state index contributed by atoms with van der Waals surface area (Å²) in [5.41, 5.74) is 5.88. The molecule has 15 heavy (non-hydrogen) atoms. The fourth-order valence-electron chi connectivity index (χ4n) is 2.37. The zero-order valence-corrected chi connectivity index (χ0v) is 10.8. The van der Waals surface area contributed by atoms with E-state index in [1.54, 1.807) is 0 Å². The molecule has 90 valence electrons. The molecule has 2 aliphatic rings. The number of hydrogen-bond acceptors (Lipinski definition) is 3. The van der Waals surface area contributed by atoms with Crippen molar-refractivity contribution in [2.75, 3.05) is 20.1 Å². The third kappa shape index (κ3) is 3.51. The number of halogens is 2. The minimum atomic E-state index is 0. The quantitative estimate of drug-likeness (QED) is 0.773. The van der Waals surface area contributed by atoms with Gasteiger partial charge in [0.05, 0.1) is 6.54 Å². The van der Waals surface area contributed by atoms with E-state index in [-0.39, 0.29) is 24.8 Å². The van der Waals surface area contributed by atoms with E-state index in [1.165, 1.54) is 31.5 Å². The Morgan fingerprint density at radius 1 is 1.20 bits per heavy atom. The summed E-state index contributed by atoms with van der Waals surface area (Å²) in [5.74, 6) is 2.04. The first kappa shape index (κ1) is 15.0. The Hall–Kier alpha value is 0.01000. The first-order chi connectivity index (χ1) is 6.27. The van der Waals surface area contributed by atoms with Gasteiger partial charge in [0.2, 0.25) is 0 Å². The number of amidine groups is 1. The molecule has 2 rings (SSSR count). The highest BCUT2D eigenvalue weighted by atomic mass is 35.5. The summed E-state index contributed by atoms with van der Waals surface area (Å²) in [6, 6.07) is 0.448. The van der Waals surface area contributed by atoms with Gasteiger partial charge in [-0.15, -0.1) is 24.8 Å². The zero-order chi connectivity index (χ0) is 9.26. The van der Waals surface area contributed by atoms with Crippen LogP contribution in [-0.4, -0.2) is 36.9 Å². The van der Waals surface area contributed by atoms with Crippen molar-refractivity contribution in [3.05, 3.63) is 0 Å². The van der Waals surface area contributed by atoms with Crippen molar-refractivity contribution in [3.63, 3.8) is 0 Å². The molecule has 0 unspecified atom stereocenters. The normalized spacial score (nSPS) is 30.3. The van der Waals surface area contributed by atoms with Crippen LogP contribution in [0, 0.1) is 5.92 Å². The molecule has 0 aromatic heterocycles. The number of nitrogens with zero attached hydrogens (tertiary/aromatic N) is 2. The molecular weight excluding hydrogens is 233 g/mol. The number of likely N-dealkylation sites (N-methyl/N-ethyl adjacent to an activating group) is 1. The van der Waals surface area contributed by atoms with Crippen LogP contribution < -0.4 is 5.73 Å². The van der Waals surface area contributed by atoms with Crippen LogP contribution in [-0.2, 0) is 0 Å². The largest absolute Gasteiger partial charge is 0.361 e. The first-order valence-electron chi connectivity index (χ1n) is 5.28. The Bertz CT molecular complexity index is 213. The van der Waals surface area contributed by atoms with Gasteiger partial charge < -0.3 is 10.6 Å². The molecule has 1 heterocycles. The van der Waals surface area contributed by atoms with Crippen LogP contribution in [0.3, 0.4) is 0 Å². The predicted molar refractivity (Wildman–Crippen MR) is 69.4 cm³/mol. The van der Waals surface area contributed by atoms with Crippen molar-refractivity contribution < 1.29 is 0 Å². The second-order valence-electron chi connectivity index (χ2n) is 4.27. The summed E-state index contributed by atoms with van der Waals surface area (Å²) in [7, 11) is 2.15. The minimum absolute atomic E-state index is 0. The lowest BCUT2D eigenvalue weighted by Gasteiger charge is -2.29. The molecule has 0 amide bonds. The highest BCUT2D eigenvalue weighted by molar-refractivity contribution is 5.86. The second kappa shape index (κ2) is 6.56. The maximum Gasteiger partial charge on any atom is 0.102 e. The lowest BCUT2D eigenvalue weighted by atomic mass is 9.85. The third-order valence-corrected chi connectivity index (χ3v) is 3.24. The topological polar surface area (TPSA) is 41.6 Å². The molecule has 2 N–H and O–H groups in total. The van der Waals surface area contributed by atoms with E-state index >= 15 is 0 Å². The Kier molecular flexibility index (Phi) is 6.57. The molecule has 0 aromatic rings. The Morgan fingerprint density at radius 2 is 1.80 bits per heavy atom. The van der Waals surface area contributed by atoms with E-state index in [9.17, 15) is 0 Å². The van der Waals surface area contributed by atoms with E-state index in [1.807, 2.05) is 0 Å². The van der Waals surface area contributed by atoms with Gasteiger partial charge in [0.1, 0.15) is 5.84 Å². The third-order valence-electron chi connectivity index (χ3n) is 3.24. The predicted octanol–water partition coefficient (Wildman–Crippen LogP) is 1.69. The summed E-state index contributed by atoms with van der Waals surface area (Å²) < 4.78 is 0.